The summed E-state index contributed by atoms with van der Waals surface area (Å²) in [6.45, 7) is 5.65. The van der Waals surface area contributed by atoms with Gasteiger partial charge in [-0.1, -0.05) is 42.5 Å². The average Bonchev–Trinajstić information content (AvgIpc) is 3.07. The van der Waals surface area contributed by atoms with Crippen LogP contribution in [0.25, 0.3) is 0 Å². The fourth-order valence-electron chi connectivity index (χ4n) is 4.34. The molecule has 2 aliphatic heterocycles. The lowest BCUT2D eigenvalue weighted by atomic mass is 9.97. The second-order valence-electron chi connectivity index (χ2n) is 9.62. The molecule has 0 bridgehead atoms. The number of rotatable bonds is 4. The van der Waals surface area contributed by atoms with Gasteiger partial charge in [0.2, 0.25) is 0 Å². The number of nitrogens with one attached hydrogen (secondary N) is 1. The second-order valence-corrected chi connectivity index (χ2v) is 9.62. The number of carbonyl (C=O) groups is 4. The minimum absolute atomic E-state index is 0.0605. The number of nitrogens with zero attached hydrogens (tertiary/aromatic N) is 2. The summed E-state index contributed by atoms with van der Waals surface area (Å²) in [4.78, 5) is 54.2. The molecule has 0 aliphatic carbocycles. The van der Waals surface area contributed by atoms with Crippen molar-refractivity contribution in [3.63, 3.8) is 0 Å². The minimum atomic E-state index is -0.738. The Bertz CT molecular complexity index is 1090. The molecule has 0 unspecified atom stereocenters. The van der Waals surface area contributed by atoms with Crippen LogP contribution >= 0.6 is 0 Å². The van der Waals surface area contributed by atoms with Crippen LogP contribution in [-0.4, -0.2) is 64.6 Å². The molecule has 0 aromatic heterocycles. The van der Waals surface area contributed by atoms with E-state index >= 15 is 0 Å². The summed E-state index contributed by atoms with van der Waals surface area (Å²) in [6, 6.07) is 14.6. The average molecular weight is 480 g/mol. The van der Waals surface area contributed by atoms with Crippen molar-refractivity contribution in [3.05, 3.63) is 71.3 Å². The number of hydrogen-bond donors (Lipinski definition) is 1. The second kappa shape index (κ2) is 9.77. The van der Waals surface area contributed by atoms with Crippen LogP contribution in [0.3, 0.4) is 0 Å². The number of imide groups is 1. The molecule has 184 valence electrons. The van der Waals surface area contributed by atoms with Gasteiger partial charge in [-0.15, -0.1) is 0 Å². The van der Waals surface area contributed by atoms with Gasteiger partial charge in [-0.3, -0.25) is 14.5 Å². The van der Waals surface area contributed by atoms with Gasteiger partial charge in [0.25, 0.3) is 11.8 Å². The number of amides is 4. The quantitative estimate of drug-likeness (QED) is 0.672. The van der Waals surface area contributed by atoms with Crippen molar-refractivity contribution in [1.29, 1.82) is 0 Å². The number of fused-ring (bicyclic) bond motifs is 1. The molecule has 1 saturated heterocycles. The van der Waals surface area contributed by atoms with Gasteiger partial charge in [-0.2, -0.15) is 0 Å². The first kappa shape index (κ1) is 24.3. The summed E-state index contributed by atoms with van der Waals surface area (Å²) >= 11 is 0. The molecule has 4 amide bonds. The van der Waals surface area contributed by atoms with Gasteiger partial charge in [-0.25, -0.2) is 9.59 Å². The predicted molar refractivity (Wildman–Crippen MR) is 127 cm³/mol. The summed E-state index contributed by atoms with van der Waals surface area (Å²) in [5.74, 6) is -0.821. The van der Waals surface area contributed by atoms with E-state index in [1.165, 1.54) is 9.80 Å². The maximum atomic E-state index is 13.1. The molecule has 35 heavy (non-hydrogen) atoms. The summed E-state index contributed by atoms with van der Waals surface area (Å²) in [5, 5.41) is 2.77. The number of carbonyl (C=O) groups excluding carboxylic acids is 4. The van der Waals surface area contributed by atoms with Gasteiger partial charge in [0.1, 0.15) is 12.2 Å². The normalized spacial score (nSPS) is 19.9. The van der Waals surface area contributed by atoms with Crippen LogP contribution < -0.4 is 5.32 Å². The summed E-state index contributed by atoms with van der Waals surface area (Å²) in [7, 11) is 0. The highest BCUT2D eigenvalue weighted by Crippen LogP contribution is 2.29. The Hall–Kier alpha value is -3.88. The zero-order valence-electron chi connectivity index (χ0n) is 20.0. The van der Waals surface area contributed by atoms with Gasteiger partial charge in [0.15, 0.2) is 0 Å². The molecule has 4 rings (SSSR count). The monoisotopic (exact) mass is 479 g/mol. The fourth-order valence-corrected chi connectivity index (χ4v) is 4.34. The Labute approximate surface area is 204 Å². The molecule has 1 fully saturated rings. The van der Waals surface area contributed by atoms with Crippen molar-refractivity contribution in [2.45, 2.75) is 51.5 Å². The molecular weight excluding hydrogens is 450 g/mol. The van der Waals surface area contributed by atoms with Crippen LogP contribution in [0.5, 0.6) is 0 Å². The third-order valence-electron chi connectivity index (χ3n) is 5.90. The van der Waals surface area contributed by atoms with Crippen molar-refractivity contribution in [2.24, 2.45) is 0 Å². The first-order valence-corrected chi connectivity index (χ1v) is 11.6. The molecular formula is C26H29N3O6. The number of benzene rings is 2. The molecule has 0 radical (unpaired) electrons. The number of ether oxygens (including phenoxy) is 2. The molecule has 9 nitrogen and oxygen atoms in total. The third-order valence-corrected chi connectivity index (χ3v) is 5.90. The first-order valence-electron chi connectivity index (χ1n) is 11.6. The first-order chi connectivity index (χ1) is 16.6. The third kappa shape index (κ3) is 5.45. The van der Waals surface area contributed by atoms with E-state index in [4.69, 9.17) is 9.47 Å². The Kier molecular flexibility index (Phi) is 6.77. The number of hydrogen-bond acceptors (Lipinski definition) is 6. The maximum Gasteiger partial charge on any atom is 0.410 e. The summed E-state index contributed by atoms with van der Waals surface area (Å²) < 4.78 is 10.8. The van der Waals surface area contributed by atoms with Gasteiger partial charge in [-0.05, 0) is 44.9 Å². The standard InChI is InChI=1S/C26H29N3O6/c1-26(2,3)35-24(32)27-20-15-28(25(33)34-16-17-9-5-4-6-10-17)14-13-21(20)29-22(30)18-11-7-8-12-19(18)23(29)31/h4-12,20-21H,13-16H2,1-3H3,(H,27,32)/t20-,21+/m0/s1. The smallest absolute Gasteiger partial charge is 0.410 e. The van der Waals surface area contributed by atoms with Gasteiger partial charge in [0.05, 0.1) is 23.2 Å². The van der Waals surface area contributed by atoms with E-state index in [-0.39, 0.29) is 26.1 Å². The number of likely N-dealkylation sites (tertiary alicyclic amines) is 1. The van der Waals surface area contributed by atoms with Crippen molar-refractivity contribution < 1.29 is 28.7 Å². The van der Waals surface area contributed by atoms with Gasteiger partial charge in [0, 0.05) is 13.1 Å². The fraction of sp³-hybridized carbons (Fsp3) is 0.385. The van der Waals surface area contributed by atoms with Crippen LogP contribution in [0.15, 0.2) is 54.6 Å². The molecule has 1 N–H and O–H groups in total. The van der Waals surface area contributed by atoms with E-state index in [0.29, 0.717) is 11.1 Å². The predicted octanol–water partition coefficient (Wildman–Crippen LogP) is 3.59. The lowest BCUT2D eigenvalue weighted by molar-refractivity contribution is 0.0269. The topological polar surface area (TPSA) is 105 Å². The van der Waals surface area contributed by atoms with E-state index in [9.17, 15) is 19.2 Å². The Morgan fingerprint density at radius 2 is 1.57 bits per heavy atom. The lowest BCUT2D eigenvalue weighted by Crippen LogP contribution is -2.62. The van der Waals surface area contributed by atoms with Gasteiger partial charge < -0.3 is 19.7 Å². The minimum Gasteiger partial charge on any atom is -0.445 e. The summed E-state index contributed by atoms with van der Waals surface area (Å²) in [6.07, 6.45) is -0.943. The largest absolute Gasteiger partial charge is 0.445 e. The lowest BCUT2D eigenvalue weighted by Gasteiger charge is -2.41. The Morgan fingerprint density at radius 1 is 0.971 bits per heavy atom. The van der Waals surface area contributed by atoms with Gasteiger partial charge >= 0.3 is 12.2 Å². The summed E-state index contributed by atoms with van der Waals surface area (Å²) in [5.41, 5.74) is 0.777. The van der Waals surface area contributed by atoms with E-state index in [1.807, 2.05) is 30.3 Å². The van der Waals surface area contributed by atoms with Crippen LogP contribution in [0.2, 0.25) is 0 Å². The van der Waals surface area contributed by atoms with Crippen LogP contribution in [0, 0.1) is 0 Å². The van der Waals surface area contributed by atoms with E-state index in [1.54, 1.807) is 45.0 Å². The zero-order chi connectivity index (χ0) is 25.2. The highest BCUT2D eigenvalue weighted by Gasteiger charge is 2.46. The molecule has 2 aliphatic rings. The van der Waals surface area contributed by atoms with E-state index in [0.717, 1.165) is 5.56 Å². The number of alkyl carbamates (subject to hydrolysis) is 1. The molecule has 2 aromatic carbocycles. The molecule has 2 heterocycles. The van der Waals surface area contributed by atoms with E-state index in [2.05, 4.69) is 5.32 Å². The molecule has 9 heteroatoms. The van der Waals surface area contributed by atoms with E-state index < -0.39 is 41.7 Å². The Morgan fingerprint density at radius 3 is 2.17 bits per heavy atom. The van der Waals surface area contributed by atoms with Crippen LogP contribution in [0.4, 0.5) is 9.59 Å². The highest BCUT2D eigenvalue weighted by molar-refractivity contribution is 6.21. The van der Waals surface area contributed by atoms with Crippen LogP contribution in [-0.2, 0) is 16.1 Å². The number of piperidine rings is 1. The Balaban J connectivity index is 1.51. The zero-order valence-corrected chi connectivity index (χ0v) is 20.0. The molecule has 2 aromatic rings. The van der Waals surface area contributed by atoms with Crippen molar-refractivity contribution in [3.8, 4) is 0 Å². The van der Waals surface area contributed by atoms with Crippen molar-refractivity contribution >= 4 is 24.0 Å². The molecule has 0 saturated carbocycles. The highest BCUT2D eigenvalue weighted by atomic mass is 16.6. The molecule has 2 atom stereocenters. The van der Waals surface area contributed by atoms with Crippen molar-refractivity contribution in [1.82, 2.24) is 15.1 Å². The maximum absolute atomic E-state index is 13.1. The molecule has 0 spiro atoms. The SMILES string of the molecule is CC(C)(C)OC(=O)N[C@H]1CN(C(=O)OCc2ccccc2)CC[C@H]1N1C(=O)c2ccccc2C1=O. The van der Waals surface area contributed by atoms with Crippen molar-refractivity contribution in [2.75, 3.05) is 13.1 Å². The van der Waals surface area contributed by atoms with Crippen LogP contribution in [0.1, 0.15) is 53.5 Å².